The molecule has 8 aromatic rings. The molecule has 0 atom stereocenters. The molecule has 3 aromatic heterocycles. The van der Waals surface area contributed by atoms with Gasteiger partial charge in [-0.25, -0.2) is 4.98 Å². The zero-order chi connectivity index (χ0) is 22.9. The molecule has 0 radical (unpaired) electrons. The molecule has 164 valence electrons. The number of hydrogen-bond acceptors (Lipinski definition) is 2. The van der Waals surface area contributed by atoms with Crippen LogP contribution in [0.5, 0.6) is 0 Å². The topological polar surface area (TPSA) is 35.9 Å². The summed E-state index contributed by atoms with van der Waals surface area (Å²) in [5.41, 5.74) is 8.66. The Balaban J connectivity index is 1.56. The summed E-state index contributed by atoms with van der Waals surface area (Å²) in [5, 5.41) is 4.95. The molecule has 35 heavy (non-hydrogen) atoms. The predicted octanol–water partition coefficient (Wildman–Crippen LogP) is 8.02. The smallest absolute Gasteiger partial charge is 0.181 e. The van der Waals surface area contributed by atoms with Gasteiger partial charge in [0.15, 0.2) is 12.0 Å². The first kappa shape index (κ1) is 18.6. The SMILES string of the molecule is c1ccc(-n2c3ccccc3c3cc4c(cc32)c2ccccc2n4-c2ccc3ocnc3c2)cc1. The van der Waals surface area contributed by atoms with Gasteiger partial charge in [0.1, 0.15) is 5.52 Å². The van der Waals surface area contributed by atoms with Gasteiger partial charge in [-0.15, -0.1) is 0 Å². The molecule has 0 N–H and O–H groups in total. The normalized spacial score (nSPS) is 12.0. The molecule has 0 bridgehead atoms. The third kappa shape index (κ3) is 2.53. The van der Waals surface area contributed by atoms with Crippen LogP contribution in [-0.2, 0) is 0 Å². The third-order valence-corrected chi connectivity index (χ3v) is 7.05. The number of fused-ring (bicyclic) bond motifs is 7. The highest BCUT2D eigenvalue weighted by Gasteiger charge is 2.18. The lowest BCUT2D eigenvalue weighted by atomic mass is 10.1. The van der Waals surface area contributed by atoms with Crippen LogP contribution in [0.3, 0.4) is 0 Å². The molecule has 3 heterocycles. The first-order chi connectivity index (χ1) is 17.4. The molecule has 0 spiro atoms. The Labute approximate surface area is 200 Å². The maximum Gasteiger partial charge on any atom is 0.181 e. The van der Waals surface area contributed by atoms with Crippen LogP contribution >= 0.6 is 0 Å². The molecule has 0 aliphatic heterocycles. The Morgan fingerprint density at radius 2 is 1.09 bits per heavy atom. The van der Waals surface area contributed by atoms with Crippen molar-refractivity contribution in [3.63, 3.8) is 0 Å². The van der Waals surface area contributed by atoms with Gasteiger partial charge in [0, 0.05) is 32.9 Å². The van der Waals surface area contributed by atoms with Crippen LogP contribution < -0.4 is 0 Å². The monoisotopic (exact) mass is 449 g/mol. The first-order valence-corrected chi connectivity index (χ1v) is 11.7. The first-order valence-electron chi connectivity index (χ1n) is 11.7. The second-order valence-electron chi connectivity index (χ2n) is 8.93. The van der Waals surface area contributed by atoms with Gasteiger partial charge in [-0.05, 0) is 54.6 Å². The van der Waals surface area contributed by atoms with E-state index >= 15 is 0 Å². The van der Waals surface area contributed by atoms with Crippen LogP contribution in [0.4, 0.5) is 0 Å². The fourth-order valence-electron chi connectivity index (χ4n) is 5.55. The van der Waals surface area contributed by atoms with Crippen molar-refractivity contribution in [1.29, 1.82) is 0 Å². The highest BCUT2D eigenvalue weighted by atomic mass is 16.3. The van der Waals surface area contributed by atoms with E-state index in [0.717, 1.165) is 16.8 Å². The molecule has 0 aliphatic carbocycles. The molecule has 4 heteroatoms. The van der Waals surface area contributed by atoms with Crippen molar-refractivity contribution < 1.29 is 4.42 Å². The summed E-state index contributed by atoms with van der Waals surface area (Å²) in [7, 11) is 0. The van der Waals surface area contributed by atoms with Gasteiger partial charge in [-0.2, -0.15) is 0 Å². The minimum absolute atomic E-state index is 0.794. The van der Waals surface area contributed by atoms with Crippen molar-refractivity contribution >= 4 is 54.7 Å². The van der Waals surface area contributed by atoms with Crippen LogP contribution in [0, 0.1) is 0 Å². The Morgan fingerprint density at radius 1 is 0.486 bits per heavy atom. The highest BCUT2D eigenvalue weighted by molar-refractivity contribution is 6.19. The molecular formula is C31H19N3O. The van der Waals surface area contributed by atoms with Gasteiger partial charge in [0.25, 0.3) is 0 Å². The summed E-state index contributed by atoms with van der Waals surface area (Å²) >= 11 is 0. The Kier molecular flexibility index (Phi) is 3.63. The summed E-state index contributed by atoms with van der Waals surface area (Å²) in [6, 6.07) is 38.8. The van der Waals surface area contributed by atoms with Crippen LogP contribution in [-0.4, -0.2) is 14.1 Å². The number of oxazole rings is 1. The van der Waals surface area contributed by atoms with Crippen LogP contribution in [0.15, 0.2) is 120 Å². The number of rotatable bonds is 2. The summed E-state index contributed by atoms with van der Waals surface area (Å²) in [5.74, 6) is 0. The largest absolute Gasteiger partial charge is 0.443 e. The number of hydrogen-bond donors (Lipinski definition) is 0. The summed E-state index contributed by atoms with van der Waals surface area (Å²) < 4.78 is 10.2. The second-order valence-corrected chi connectivity index (χ2v) is 8.93. The Hall–Kier alpha value is -4.83. The van der Waals surface area contributed by atoms with E-state index in [1.165, 1.54) is 55.7 Å². The van der Waals surface area contributed by atoms with Gasteiger partial charge >= 0.3 is 0 Å². The molecule has 4 nitrogen and oxygen atoms in total. The third-order valence-electron chi connectivity index (χ3n) is 7.05. The summed E-state index contributed by atoms with van der Waals surface area (Å²) in [4.78, 5) is 4.39. The van der Waals surface area contributed by atoms with Crippen molar-refractivity contribution in [2.45, 2.75) is 0 Å². The molecular weight excluding hydrogens is 430 g/mol. The van der Waals surface area contributed by atoms with E-state index in [4.69, 9.17) is 4.42 Å². The second kappa shape index (κ2) is 6.84. The van der Waals surface area contributed by atoms with E-state index in [2.05, 4.69) is 117 Å². The fraction of sp³-hybridized carbons (Fsp3) is 0. The van der Waals surface area contributed by atoms with Gasteiger partial charge in [-0.1, -0.05) is 54.6 Å². The number of benzene rings is 5. The van der Waals surface area contributed by atoms with E-state index in [-0.39, 0.29) is 0 Å². The quantitative estimate of drug-likeness (QED) is 0.268. The van der Waals surface area contributed by atoms with Gasteiger partial charge in [-0.3, -0.25) is 0 Å². The maximum absolute atomic E-state index is 5.49. The molecule has 0 fully saturated rings. The van der Waals surface area contributed by atoms with Crippen molar-refractivity contribution in [2.75, 3.05) is 0 Å². The summed E-state index contributed by atoms with van der Waals surface area (Å²) in [6.45, 7) is 0. The molecule has 0 amide bonds. The molecule has 0 saturated carbocycles. The van der Waals surface area contributed by atoms with Crippen molar-refractivity contribution in [2.24, 2.45) is 0 Å². The van der Waals surface area contributed by atoms with E-state index in [0.29, 0.717) is 0 Å². The van der Waals surface area contributed by atoms with E-state index in [9.17, 15) is 0 Å². The fourth-order valence-corrected chi connectivity index (χ4v) is 5.55. The van der Waals surface area contributed by atoms with Gasteiger partial charge in [0.05, 0.1) is 22.1 Å². The van der Waals surface area contributed by atoms with Crippen molar-refractivity contribution in [1.82, 2.24) is 14.1 Å². The number of aromatic nitrogens is 3. The van der Waals surface area contributed by atoms with Gasteiger partial charge in [0.2, 0.25) is 0 Å². The summed E-state index contributed by atoms with van der Waals surface area (Å²) in [6.07, 6.45) is 1.50. The van der Waals surface area contributed by atoms with Crippen molar-refractivity contribution in [3.05, 3.63) is 116 Å². The number of nitrogens with zero attached hydrogens (tertiary/aromatic N) is 3. The molecule has 0 aliphatic rings. The molecule has 0 saturated heterocycles. The molecule has 0 unspecified atom stereocenters. The zero-order valence-electron chi connectivity index (χ0n) is 18.7. The predicted molar refractivity (Wildman–Crippen MR) is 143 cm³/mol. The minimum atomic E-state index is 0.794. The average molecular weight is 450 g/mol. The zero-order valence-corrected chi connectivity index (χ0v) is 18.7. The maximum atomic E-state index is 5.49. The van der Waals surface area contributed by atoms with Crippen LogP contribution in [0.25, 0.3) is 66.1 Å². The number of para-hydroxylation sites is 3. The Morgan fingerprint density at radius 3 is 1.77 bits per heavy atom. The van der Waals surface area contributed by atoms with Gasteiger partial charge < -0.3 is 13.6 Å². The standard InChI is InChI=1S/C31H19N3O/c1-2-8-20(9-3-1)33-27-12-6-4-10-22(27)24-18-30-25(17-29(24)33)23-11-5-7-13-28(23)34(30)21-14-15-31-26(16-21)32-19-35-31/h1-19H. The lowest BCUT2D eigenvalue weighted by Gasteiger charge is -2.09. The lowest BCUT2D eigenvalue weighted by Crippen LogP contribution is -1.94. The molecule has 5 aromatic carbocycles. The van der Waals surface area contributed by atoms with Crippen LogP contribution in [0.1, 0.15) is 0 Å². The minimum Gasteiger partial charge on any atom is -0.443 e. The van der Waals surface area contributed by atoms with Crippen LogP contribution in [0.2, 0.25) is 0 Å². The highest BCUT2D eigenvalue weighted by Crippen LogP contribution is 2.39. The lowest BCUT2D eigenvalue weighted by molar-refractivity contribution is 0.602. The average Bonchev–Trinajstić information content (AvgIpc) is 3.60. The van der Waals surface area contributed by atoms with E-state index in [1.54, 1.807) is 0 Å². The van der Waals surface area contributed by atoms with Crippen molar-refractivity contribution in [3.8, 4) is 11.4 Å². The Bertz CT molecular complexity index is 2060. The molecule has 8 rings (SSSR count). The van der Waals surface area contributed by atoms with E-state index < -0.39 is 0 Å². The van der Waals surface area contributed by atoms with E-state index in [1.807, 2.05) is 6.07 Å².